The molecule has 0 saturated heterocycles. The molecule has 86 valence electrons. The SMILES string of the molecule is Cc1ccc(C(N)=O)c(=O)n1-c1cccnc1. The van der Waals surface area contributed by atoms with Crippen molar-refractivity contribution < 1.29 is 4.79 Å². The lowest BCUT2D eigenvalue weighted by molar-refractivity contribution is 0.0998. The third-order valence-corrected chi connectivity index (χ3v) is 2.45. The number of aryl methyl sites for hydroxylation is 1. The van der Waals surface area contributed by atoms with Gasteiger partial charge in [0.2, 0.25) is 0 Å². The second kappa shape index (κ2) is 4.21. The largest absolute Gasteiger partial charge is 0.365 e. The number of nitrogens with zero attached hydrogens (tertiary/aromatic N) is 2. The lowest BCUT2D eigenvalue weighted by atomic mass is 10.2. The van der Waals surface area contributed by atoms with Crippen LogP contribution in [0.3, 0.4) is 0 Å². The van der Waals surface area contributed by atoms with E-state index in [0.29, 0.717) is 11.4 Å². The maximum atomic E-state index is 12.1. The molecule has 0 aliphatic heterocycles. The molecular weight excluding hydrogens is 218 g/mol. The maximum absolute atomic E-state index is 12.1. The molecule has 0 spiro atoms. The summed E-state index contributed by atoms with van der Waals surface area (Å²) in [7, 11) is 0. The zero-order valence-electron chi connectivity index (χ0n) is 9.25. The minimum absolute atomic E-state index is 0.0283. The van der Waals surface area contributed by atoms with Gasteiger partial charge in [-0.3, -0.25) is 19.1 Å². The molecule has 0 saturated carbocycles. The van der Waals surface area contributed by atoms with Crippen LogP contribution >= 0.6 is 0 Å². The predicted molar refractivity (Wildman–Crippen MR) is 63.1 cm³/mol. The normalized spacial score (nSPS) is 10.2. The van der Waals surface area contributed by atoms with E-state index in [2.05, 4.69) is 4.98 Å². The van der Waals surface area contributed by atoms with Crippen molar-refractivity contribution in [1.82, 2.24) is 9.55 Å². The van der Waals surface area contributed by atoms with Gasteiger partial charge in [-0.05, 0) is 31.2 Å². The van der Waals surface area contributed by atoms with Crippen LogP contribution in [0.2, 0.25) is 0 Å². The zero-order chi connectivity index (χ0) is 12.4. The molecule has 0 unspecified atom stereocenters. The predicted octanol–water partition coefficient (Wildman–Crippen LogP) is 0.640. The van der Waals surface area contributed by atoms with Crippen molar-refractivity contribution in [3.63, 3.8) is 0 Å². The Morgan fingerprint density at radius 1 is 1.35 bits per heavy atom. The molecule has 0 atom stereocenters. The van der Waals surface area contributed by atoms with Gasteiger partial charge < -0.3 is 5.73 Å². The van der Waals surface area contributed by atoms with E-state index in [4.69, 9.17) is 5.73 Å². The van der Waals surface area contributed by atoms with Gasteiger partial charge in [-0.1, -0.05) is 0 Å². The van der Waals surface area contributed by atoms with Gasteiger partial charge in [0.25, 0.3) is 11.5 Å². The Balaban J connectivity index is 2.74. The highest BCUT2D eigenvalue weighted by Crippen LogP contribution is 2.07. The van der Waals surface area contributed by atoms with E-state index in [9.17, 15) is 9.59 Å². The van der Waals surface area contributed by atoms with Crippen LogP contribution in [0.25, 0.3) is 5.69 Å². The Morgan fingerprint density at radius 3 is 2.71 bits per heavy atom. The molecule has 0 radical (unpaired) electrons. The van der Waals surface area contributed by atoms with Crippen LogP contribution in [0.15, 0.2) is 41.5 Å². The Kier molecular flexibility index (Phi) is 2.74. The van der Waals surface area contributed by atoms with Crippen molar-refractivity contribution in [2.24, 2.45) is 5.73 Å². The van der Waals surface area contributed by atoms with E-state index >= 15 is 0 Å². The summed E-state index contributed by atoms with van der Waals surface area (Å²) in [4.78, 5) is 27.1. The number of amides is 1. The summed E-state index contributed by atoms with van der Waals surface area (Å²) in [6.07, 6.45) is 3.17. The summed E-state index contributed by atoms with van der Waals surface area (Å²) in [6.45, 7) is 1.78. The van der Waals surface area contributed by atoms with Crippen LogP contribution < -0.4 is 11.3 Å². The van der Waals surface area contributed by atoms with Crippen molar-refractivity contribution in [3.8, 4) is 5.69 Å². The van der Waals surface area contributed by atoms with E-state index < -0.39 is 11.5 Å². The zero-order valence-corrected chi connectivity index (χ0v) is 9.25. The van der Waals surface area contributed by atoms with Gasteiger partial charge in [0.05, 0.1) is 11.9 Å². The van der Waals surface area contributed by atoms with Gasteiger partial charge in [0, 0.05) is 11.9 Å². The molecule has 0 bridgehead atoms. The number of rotatable bonds is 2. The van der Waals surface area contributed by atoms with E-state index in [0.717, 1.165) is 0 Å². The molecule has 2 aromatic heterocycles. The number of nitrogens with two attached hydrogens (primary N) is 1. The molecule has 2 aromatic rings. The van der Waals surface area contributed by atoms with Gasteiger partial charge in [-0.15, -0.1) is 0 Å². The smallest absolute Gasteiger partial charge is 0.268 e. The molecule has 0 fully saturated rings. The van der Waals surface area contributed by atoms with Crippen molar-refractivity contribution in [3.05, 3.63) is 58.3 Å². The van der Waals surface area contributed by atoms with Gasteiger partial charge in [-0.25, -0.2) is 0 Å². The quantitative estimate of drug-likeness (QED) is 0.820. The Hall–Kier alpha value is -2.43. The number of hydrogen-bond donors (Lipinski definition) is 1. The van der Waals surface area contributed by atoms with Crippen LogP contribution in [-0.4, -0.2) is 15.5 Å². The summed E-state index contributed by atoms with van der Waals surface area (Å²) in [6, 6.07) is 6.58. The van der Waals surface area contributed by atoms with E-state index in [-0.39, 0.29) is 5.56 Å². The monoisotopic (exact) mass is 229 g/mol. The van der Waals surface area contributed by atoms with Gasteiger partial charge in [-0.2, -0.15) is 0 Å². The highest BCUT2D eigenvalue weighted by Gasteiger charge is 2.11. The number of carbonyl (C=O) groups excluding carboxylic acids is 1. The third kappa shape index (κ3) is 1.94. The second-order valence-electron chi connectivity index (χ2n) is 3.60. The van der Waals surface area contributed by atoms with Gasteiger partial charge in [0.1, 0.15) is 5.56 Å². The molecule has 0 aliphatic rings. The summed E-state index contributed by atoms with van der Waals surface area (Å²) in [5.41, 5.74) is 6.02. The van der Waals surface area contributed by atoms with Crippen LogP contribution in [0.4, 0.5) is 0 Å². The number of carbonyl (C=O) groups is 1. The average molecular weight is 229 g/mol. The maximum Gasteiger partial charge on any atom is 0.268 e. The molecule has 17 heavy (non-hydrogen) atoms. The van der Waals surface area contributed by atoms with Crippen molar-refractivity contribution >= 4 is 5.91 Å². The first-order valence-corrected chi connectivity index (χ1v) is 5.04. The molecule has 2 heterocycles. The molecule has 5 heteroatoms. The fourth-order valence-electron chi connectivity index (χ4n) is 1.62. The van der Waals surface area contributed by atoms with Crippen LogP contribution in [-0.2, 0) is 0 Å². The van der Waals surface area contributed by atoms with Crippen LogP contribution in [0.1, 0.15) is 16.1 Å². The Bertz CT molecular complexity index is 617. The summed E-state index contributed by atoms with van der Waals surface area (Å²) in [5.74, 6) is -0.729. The minimum atomic E-state index is -0.729. The second-order valence-corrected chi connectivity index (χ2v) is 3.60. The number of primary amides is 1. The molecule has 0 aromatic carbocycles. The third-order valence-electron chi connectivity index (χ3n) is 2.45. The highest BCUT2D eigenvalue weighted by molar-refractivity contribution is 5.92. The number of aromatic nitrogens is 2. The van der Waals surface area contributed by atoms with E-state index in [1.54, 1.807) is 37.5 Å². The Morgan fingerprint density at radius 2 is 2.12 bits per heavy atom. The number of hydrogen-bond acceptors (Lipinski definition) is 3. The summed E-state index contributed by atoms with van der Waals surface area (Å²) < 4.78 is 1.41. The molecule has 1 amide bonds. The molecule has 0 aliphatic carbocycles. The van der Waals surface area contributed by atoms with Crippen molar-refractivity contribution in [2.75, 3.05) is 0 Å². The fourth-order valence-corrected chi connectivity index (χ4v) is 1.62. The van der Waals surface area contributed by atoms with E-state index in [1.807, 2.05) is 0 Å². The molecule has 5 nitrogen and oxygen atoms in total. The van der Waals surface area contributed by atoms with Crippen LogP contribution in [0, 0.1) is 6.92 Å². The first-order chi connectivity index (χ1) is 8.11. The van der Waals surface area contributed by atoms with Crippen molar-refractivity contribution in [2.45, 2.75) is 6.92 Å². The highest BCUT2D eigenvalue weighted by atomic mass is 16.2. The van der Waals surface area contributed by atoms with Crippen LogP contribution in [0.5, 0.6) is 0 Å². The van der Waals surface area contributed by atoms with Gasteiger partial charge >= 0.3 is 0 Å². The lowest BCUT2D eigenvalue weighted by Gasteiger charge is -2.10. The summed E-state index contributed by atoms with van der Waals surface area (Å²) >= 11 is 0. The first kappa shape index (κ1) is 11.1. The minimum Gasteiger partial charge on any atom is -0.365 e. The number of pyridine rings is 2. The molecule has 2 rings (SSSR count). The van der Waals surface area contributed by atoms with Crippen molar-refractivity contribution in [1.29, 1.82) is 0 Å². The first-order valence-electron chi connectivity index (χ1n) is 5.04. The topological polar surface area (TPSA) is 78.0 Å². The van der Waals surface area contributed by atoms with E-state index in [1.165, 1.54) is 10.6 Å². The lowest BCUT2D eigenvalue weighted by Crippen LogP contribution is -2.29. The Labute approximate surface area is 97.5 Å². The fraction of sp³-hybridized carbons (Fsp3) is 0.0833. The van der Waals surface area contributed by atoms with Gasteiger partial charge in [0.15, 0.2) is 0 Å². The molecule has 2 N–H and O–H groups in total. The standard InChI is InChI=1S/C12H11N3O2/c1-8-4-5-10(11(13)16)12(17)15(8)9-3-2-6-14-7-9/h2-7H,1H3,(H2,13,16). The average Bonchev–Trinajstić information content (AvgIpc) is 2.30. The molecular formula is C12H11N3O2. The summed E-state index contributed by atoms with van der Waals surface area (Å²) in [5, 5.41) is 0.